The van der Waals surface area contributed by atoms with Crippen molar-refractivity contribution in [2.24, 2.45) is 10.4 Å². The summed E-state index contributed by atoms with van der Waals surface area (Å²) in [4.78, 5) is 9.13. The number of rotatable bonds is 10. The fourth-order valence-corrected chi connectivity index (χ4v) is 3.89. The highest BCUT2D eigenvalue weighted by Crippen LogP contribution is 2.43. The molecule has 1 saturated carbocycles. The van der Waals surface area contributed by atoms with E-state index in [2.05, 4.69) is 51.4 Å². The summed E-state index contributed by atoms with van der Waals surface area (Å²) in [6.07, 6.45) is 8.86. The maximum absolute atomic E-state index is 5.31. The molecule has 0 saturated heterocycles. The molecule has 2 aromatic rings. The van der Waals surface area contributed by atoms with Crippen LogP contribution < -0.4 is 10.6 Å². The van der Waals surface area contributed by atoms with Crippen molar-refractivity contribution in [3.8, 4) is 0 Å². The number of ether oxygens (including phenoxy) is 1. The van der Waals surface area contributed by atoms with Gasteiger partial charge in [-0.15, -0.1) is 24.0 Å². The summed E-state index contributed by atoms with van der Waals surface area (Å²) in [7, 11) is 1.79. The fourth-order valence-electron chi connectivity index (χ4n) is 3.89. The molecule has 2 N–H and O–H groups in total. The summed E-state index contributed by atoms with van der Waals surface area (Å²) in [5, 5.41) is 6.96. The van der Waals surface area contributed by atoms with Crippen LogP contribution in [0.15, 0.2) is 41.7 Å². The van der Waals surface area contributed by atoms with E-state index in [-0.39, 0.29) is 24.0 Å². The molecule has 0 aliphatic heterocycles. The van der Waals surface area contributed by atoms with Crippen molar-refractivity contribution in [2.45, 2.75) is 52.6 Å². The number of aryl methyl sites for hydroxylation is 1. The van der Waals surface area contributed by atoms with E-state index in [0.717, 1.165) is 44.4 Å². The highest BCUT2D eigenvalue weighted by atomic mass is 127. The lowest BCUT2D eigenvalue weighted by Crippen LogP contribution is -2.46. The van der Waals surface area contributed by atoms with Gasteiger partial charge >= 0.3 is 0 Å². The molecular formula is C23H36IN5O. The smallest absolute Gasteiger partial charge is 0.191 e. The molecule has 1 aliphatic carbocycles. The Hall–Kier alpha value is -1.61. The average Bonchev–Trinajstić information content (AvgIpc) is 3.09. The number of hydrogen-bond donors (Lipinski definition) is 2. The largest absolute Gasteiger partial charge is 0.385 e. The number of aromatic nitrogens is 2. The van der Waals surface area contributed by atoms with Gasteiger partial charge < -0.3 is 19.9 Å². The lowest BCUT2D eigenvalue weighted by Gasteiger charge is -2.42. The molecule has 0 atom stereocenters. The highest BCUT2D eigenvalue weighted by molar-refractivity contribution is 14.0. The second kappa shape index (κ2) is 12.3. The maximum atomic E-state index is 5.31. The van der Waals surface area contributed by atoms with Crippen molar-refractivity contribution in [2.75, 3.05) is 26.8 Å². The summed E-state index contributed by atoms with van der Waals surface area (Å²) < 4.78 is 7.47. The van der Waals surface area contributed by atoms with Crippen LogP contribution in [-0.4, -0.2) is 42.3 Å². The van der Waals surface area contributed by atoms with E-state index in [1.54, 1.807) is 7.11 Å². The SMILES string of the molecule is CCNC(=NCc1cccc(Cn2ccnc2C)c1)NCC1(CCOC)CCC1.I. The second-order valence-electron chi connectivity index (χ2n) is 8.07. The standard InChI is InChI=1S/C23H35N5O.HI/c1-4-24-22(27-18-23(9-6-10-23)11-14-29-3)26-16-20-7-5-8-21(15-20)17-28-13-12-25-19(28)2;/h5,7-8,12-13,15H,4,6,9-11,14,16-18H2,1-3H3,(H2,24,26,27);1H. The normalized spacial score (nSPS) is 15.2. The molecule has 0 unspecified atom stereocenters. The molecule has 0 bridgehead atoms. The zero-order valence-corrected chi connectivity index (χ0v) is 20.8. The van der Waals surface area contributed by atoms with Crippen molar-refractivity contribution >= 4 is 29.9 Å². The minimum absolute atomic E-state index is 0. The van der Waals surface area contributed by atoms with Gasteiger partial charge in [0.15, 0.2) is 5.96 Å². The summed E-state index contributed by atoms with van der Waals surface area (Å²) in [6.45, 7) is 8.29. The fraction of sp³-hybridized carbons (Fsp3) is 0.565. The van der Waals surface area contributed by atoms with Crippen LogP contribution in [0.5, 0.6) is 0 Å². The molecule has 1 fully saturated rings. The molecule has 1 aliphatic rings. The van der Waals surface area contributed by atoms with Crippen LogP contribution in [-0.2, 0) is 17.8 Å². The van der Waals surface area contributed by atoms with Crippen molar-refractivity contribution < 1.29 is 4.74 Å². The molecule has 0 radical (unpaired) electrons. The van der Waals surface area contributed by atoms with Crippen LogP contribution in [0.3, 0.4) is 0 Å². The number of benzene rings is 1. The highest BCUT2D eigenvalue weighted by Gasteiger charge is 2.36. The van der Waals surface area contributed by atoms with Crippen LogP contribution in [0.1, 0.15) is 49.6 Å². The van der Waals surface area contributed by atoms with E-state index < -0.39 is 0 Å². The van der Waals surface area contributed by atoms with Gasteiger partial charge in [0, 0.05) is 45.7 Å². The number of methoxy groups -OCH3 is 1. The number of aliphatic imine (C=N–C) groups is 1. The van der Waals surface area contributed by atoms with E-state index in [1.807, 2.05) is 19.3 Å². The van der Waals surface area contributed by atoms with Crippen molar-refractivity contribution in [3.63, 3.8) is 0 Å². The molecule has 1 aromatic carbocycles. The minimum atomic E-state index is 0. The first-order chi connectivity index (χ1) is 14.1. The average molecular weight is 525 g/mol. The molecule has 7 heteroatoms. The van der Waals surface area contributed by atoms with Crippen LogP contribution in [0, 0.1) is 12.3 Å². The van der Waals surface area contributed by atoms with Gasteiger partial charge in [-0.2, -0.15) is 0 Å². The number of nitrogens with one attached hydrogen (secondary N) is 2. The third-order valence-electron chi connectivity index (χ3n) is 5.91. The lowest BCUT2D eigenvalue weighted by atomic mass is 9.67. The Labute approximate surface area is 197 Å². The molecule has 0 amide bonds. The van der Waals surface area contributed by atoms with Gasteiger partial charge in [-0.1, -0.05) is 30.7 Å². The topological polar surface area (TPSA) is 63.5 Å². The predicted octanol–water partition coefficient (Wildman–Crippen LogP) is 4.12. The van der Waals surface area contributed by atoms with Crippen molar-refractivity contribution in [1.82, 2.24) is 20.2 Å². The third kappa shape index (κ3) is 6.97. The molecule has 1 aromatic heterocycles. The maximum Gasteiger partial charge on any atom is 0.191 e. The number of nitrogens with zero attached hydrogens (tertiary/aromatic N) is 3. The monoisotopic (exact) mass is 525 g/mol. The zero-order valence-electron chi connectivity index (χ0n) is 18.5. The van der Waals surface area contributed by atoms with E-state index in [1.165, 1.54) is 30.4 Å². The van der Waals surface area contributed by atoms with Crippen LogP contribution >= 0.6 is 24.0 Å². The van der Waals surface area contributed by atoms with Gasteiger partial charge in [0.25, 0.3) is 0 Å². The molecule has 1 heterocycles. The van der Waals surface area contributed by atoms with E-state index >= 15 is 0 Å². The Bertz CT molecular complexity index is 800. The number of halogens is 1. The van der Waals surface area contributed by atoms with Gasteiger partial charge in [0.2, 0.25) is 0 Å². The van der Waals surface area contributed by atoms with E-state index in [9.17, 15) is 0 Å². The molecule has 0 spiro atoms. The summed E-state index contributed by atoms with van der Waals surface area (Å²) in [5.74, 6) is 1.93. The van der Waals surface area contributed by atoms with Gasteiger partial charge in [-0.3, -0.25) is 0 Å². The van der Waals surface area contributed by atoms with Gasteiger partial charge in [-0.05, 0) is 49.7 Å². The van der Waals surface area contributed by atoms with Crippen LogP contribution in [0.25, 0.3) is 0 Å². The zero-order chi connectivity index (χ0) is 20.5. The molecule has 166 valence electrons. The first-order valence-corrected chi connectivity index (χ1v) is 10.7. The summed E-state index contributed by atoms with van der Waals surface area (Å²) in [5.41, 5.74) is 2.86. The molecule has 30 heavy (non-hydrogen) atoms. The van der Waals surface area contributed by atoms with Crippen molar-refractivity contribution in [3.05, 3.63) is 53.6 Å². The second-order valence-corrected chi connectivity index (χ2v) is 8.07. The third-order valence-corrected chi connectivity index (χ3v) is 5.91. The first kappa shape index (κ1) is 24.7. The van der Waals surface area contributed by atoms with Gasteiger partial charge in [-0.25, -0.2) is 9.98 Å². The van der Waals surface area contributed by atoms with Crippen LogP contribution in [0.2, 0.25) is 0 Å². The van der Waals surface area contributed by atoms with Crippen LogP contribution in [0.4, 0.5) is 0 Å². The molecule has 3 rings (SSSR count). The van der Waals surface area contributed by atoms with Gasteiger partial charge in [0.05, 0.1) is 6.54 Å². The minimum Gasteiger partial charge on any atom is -0.385 e. The molecular weight excluding hydrogens is 489 g/mol. The van der Waals surface area contributed by atoms with Gasteiger partial charge in [0.1, 0.15) is 5.82 Å². The first-order valence-electron chi connectivity index (χ1n) is 10.7. The quantitative estimate of drug-likeness (QED) is 0.278. The van der Waals surface area contributed by atoms with E-state index in [4.69, 9.17) is 9.73 Å². The Morgan fingerprint density at radius 1 is 1.27 bits per heavy atom. The molecule has 6 nitrogen and oxygen atoms in total. The Balaban J connectivity index is 0.00000320. The Kier molecular flexibility index (Phi) is 10.1. The van der Waals surface area contributed by atoms with E-state index in [0.29, 0.717) is 12.0 Å². The number of guanidine groups is 1. The number of hydrogen-bond acceptors (Lipinski definition) is 3. The number of imidazole rings is 1. The summed E-state index contributed by atoms with van der Waals surface area (Å²) >= 11 is 0. The van der Waals surface area contributed by atoms with Crippen molar-refractivity contribution in [1.29, 1.82) is 0 Å². The summed E-state index contributed by atoms with van der Waals surface area (Å²) in [6, 6.07) is 8.65. The lowest BCUT2D eigenvalue weighted by molar-refractivity contribution is 0.0732. The Morgan fingerprint density at radius 3 is 2.70 bits per heavy atom. The predicted molar refractivity (Wildman–Crippen MR) is 134 cm³/mol. The Morgan fingerprint density at radius 2 is 2.07 bits per heavy atom.